The molecule has 0 aliphatic heterocycles. The average molecular weight is 263 g/mol. The first kappa shape index (κ1) is 11.6. The lowest BCUT2D eigenvalue weighted by atomic mass is 10.2. The molecule has 0 atom stereocenters. The fourth-order valence-electron chi connectivity index (χ4n) is 2.29. The van der Waals surface area contributed by atoms with Gasteiger partial charge in [0.2, 0.25) is 5.91 Å². The molecule has 94 valence electrons. The number of carbonyl (C=O) groups is 1. The molecule has 18 heavy (non-hydrogen) atoms. The van der Waals surface area contributed by atoms with E-state index < -0.39 is 0 Å². The molecule has 3 rings (SSSR count). The van der Waals surface area contributed by atoms with Crippen LogP contribution in [0.25, 0.3) is 10.9 Å². The van der Waals surface area contributed by atoms with Crippen LogP contribution >= 0.6 is 11.6 Å². The molecule has 1 heterocycles. The minimum atomic E-state index is 0.0258. The second kappa shape index (κ2) is 4.65. The Hall–Kier alpha value is -1.48. The maximum absolute atomic E-state index is 11.8. The number of hydrogen-bond acceptors (Lipinski definition) is 1. The number of aromatic amines is 1. The Kier molecular flexibility index (Phi) is 3.00. The molecule has 1 fully saturated rings. The van der Waals surface area contributed by atoms with Gasteiger partial charge in [-0.3, -0.25) is 4.79 Å². The summed E-state index contributed by atoms with van der Waals surface area (Å²) in [4.78, 5) is 17.0. The van der Waals surface area contributed by atoms with Gasteiger partial charge in [-0.2, -0.15) is 0 Å². The Morgan fingerprint density at radius 2 is 2.17 bits per heavy atom. The third-order valence-electron chi connectivity index (χ3n) is 3.35. The summed E-state index contributed by atoms with van der Waals surface area (Å²) in [5.74, 6) is 0.0920. The van der Waals surface area contributed by atoms with Crippen LogP contribution in [0.5, 0.6) is 0 Å². The zero-order chi connectivity index (χ0) is 12.5. The molecule has 0 bridgehead atoms. The number of carbonyl (C=O) groups excluding carboxylic acids is 1. The van der Waals surface area contributed by atoms with Crippen molar-refractivity contribution in [3.05, 3.63) is 36.0 Å². The number of para-hydroxylation sites is 1. The third-order valence-corrected chi connectivity index (χ3v) is 3.58. The fraction of sp³-hybridized carbons (Fsp3) is 0.357. The van der Waals surface area contributed by atoms with E-state index in [1.165, 1.54) is 5.39 Å². The molecular weight excluding hydrogens is 248 g/mol. The molecular formula is C14H15ClN2O. The second-order valence-corrected chi connectivity index (χ2v) is 5.04. The highest BCUT2D eigenvalue weighted by atomic mass is 35.5. The molecule has 1 saturated carbocycles. The summed E-state index contributed by atoms with van der Waals surface area (Å²) in [6, 6.07) is 10.6. The summed E-state index contributed by atoms with van der Waals surface area (Å²) in [7, 11) is 0. The zero-order valence-electron chi connectivity index (χ0n) is 10.0. The first-order valence-electron chi connectivity index (χ1n) is 6.20. The number of nitrogens with zero attached hydrogens (tertiary/aromatic N) is 1. The number of H-pyrrole nitrogens is 1. The van der Waals surface area contributed by atoms with E-state index in [4.69, 9.17) is 11.6 Å². The van der Waals surface area contributed by atoms with Crippen molar-refractivity contribution in [2.75, 3.05) is 5.88 Å². The predicted molar refractivity (Wildman–Crippen MR) is 72.6 cm³/mol. The number of hydrogen-bond donors (Lipinski definition) is 1. The van der Waals surface area contributed by atoms with Crippen molar-refractivity contribution < 1.29 is 4.79 Å². The number of nitrogens with one attached hydrogen (secondary N) is 1. The number of rotatable bonds is 4. The van der Waals surface area contributed by atoms with Crippen LogP contribution in [0, 0.1) is 0 Å². The zero-order valence-corrected chi connectivity index (χ0v) is 10.8. The molecule has 1 N–H and O–H groups in total. The Morgan fingerprint density at radius 1 is 1.39 bits per heavy atom. The van der Waals surface area contributed by atoms with Crippen LogP contribution in [0.2, 0.25) is 0 Å². The van der Waals surface area contributed by atoms with Crippen LogP contribution in [0.15, 0.2) is 30.3 Å². The summed E-state index contributed by atoms with van der Waals surface area (Å²) >= 11 is 5.66. The maximum Gasteiger partial charge on any atom is 0.238 e. The summed E-state index contributed by atoms with van der Waals surface area (Å²) < 4.78 is 0. The van der Waals surface area contributed by atoms with E-state index in [0.717, 1.165) is 24.1 Å². The molecule has 0 spiro atoms. The van der Waals surface area contributed by atoms with Gasteiger partial charge >= 0.3 is 0 Å². The highest BCUT2D eigenvalue weighted by Gasteiger charge is 2.32. The van der Waals surface area contributed by atoms with Gasteiger partial charge in [-0.1, -0.05) is 18.2 Å². The molecule has 4 heteroatoms. The van der Waals surface area contributed by atoms with Gasteiger partial charge in [0.05, 0.1) is 6.54 Å². The van der Waals surface area contributed by atoms with E-state index in [1.54, 1.807) is 0 Å². The van der Waals surface area contributed by atoms with Crippen molar-refractivity contribution in [2.45, 2.75) is 25.4 Å². The van der Waals surface area contributed by atoms with E-state index in [0.29, 0.717) is 12.6 Å². The quantitative estimate of drug-likeness (QED) is 0.845. The summed E-state index contributed by atoms with van der Waals surface area (Å²) in [6.45, 7) is 0.630. The standard InChI is InChI=1S/C14H15ClN2O/c15-8-14(18)17(12-5-6-12)9-11-7-10-3-1-2-4-13(10)16-11/h1-4,7,12,16H,5-6,8-9H2. The van der Waals surface area contributed by atoms with E-state index >= 15 is 0 Å². The van der Waals surface area contributed by atoms with Crippen molar-refractivity contribution in [1.82, 2.24) is 9.88 Å². The lowest BCUT2D eigenvalue weighted by Gasteiger charge is -2.20. The molecule has 2 aromatic rings. The summed E-state index contributed by atoms with van der Waals surface area (Å²) in [6.07, 6.45) is 2.20. The van der Waals surface area contributed by atoms with Crippen LogP contribution < -0.4 is 0 Å². The Bertz CT molecular complexity index is 541. The van der Waals surface area contributed by atoms with Crippen molar-refractivity contribution in [1.29, 1.82) is 0 Å². The van der Waals surface area contributed by atoms with E-state index in [-0.39, 0.29) is 11.8 Å². The van der Waals surface area contributed by atoms with E-state index in [1.807, 2.05) is 23.1 Å². The monoisotopic (exact) mass is 262 g/mol. The van der Waals surface area contributed by atoms with Gasteiger partial charge in [0.15, 0.2) is 0 Å². The van der Waals surface area contributed by atoms with E-state index in [2.05, 4.69) is 17.1 Å². The lowest BCUT2D eigenvalue weighted by Crippen LogP contribution is -2.33. The van der Waals surface area contributed by atoms with Gasteiger partial charge in [0.1, 0.15) is 5.88 Å². The van der Waals surface area contributed by atoms with Crippen molar-refractivity contribution >= 4 is 28.4 Å². The van der Waals surface area contributed by atoms with Crippen LogP contribution in [-0.4, -0.2) is 27.7 Å². The highest BCUT2D eigenvalue weighted by molar-refractivity contribution is 6.27. The molecule has 0 unspecified atom stereocenters. The molecule has 1 amide bonds. The fourth-order valence-corrected chi connectivity index (χ4v) is 2.44. The molecule has 0 radical (unpaired) electrons. The molecule has 1 aromatic heterocycles. The normalized spacial score (nSPS) is 14.9. The minimum Gasteiger partial charge on any atom is -0.357 e. The smallest absolute Gasteiger partial charge is 0.238 e. The Labute approximate surface area is 111 Å². The van der Waals surface area contributed by atoms with Crippen LogP contribution in [0.1, 0.15) is 18.5 Å². The van der Waals surface area contributed by atoms with Gasteiger partial charge in [-0.25, -0.2) is 0 Å². The number of aromatic nitrogens is 1. The Morgan fingerprint density at radius 3 is 2.83 bits per heavy atom. The highest BCUT2D eigenvalue weighted by Crippen LogP contribution is 2.29. The molecule has 1 aliphatic carbocycles. The van der Waals surface area contributed by atoms with Crippen LogP contribution in [-0.2, 0) is 11.3 Å². The minimum absolute atomic E-state index is 0.0258. The largest absolute Gasteiger partial charge is 0.357 e. The number of halogens is 1. The number of alkyl halides is 1. The van der Waals surface area contributed by atoms with Gasteiger partial charge in [-0.15, -0.1) is 11.6 Å². The SMILES string of the molecule is O=C(CCl)N(Cc1cc2ccccc2[nH]1)C1CC1. The summed E-state index contributed by atoms with van der Waals surface area (Å²) in [5, 5.41) is 1.18. The Balaban J connectivity index is 1.83. The van der Waals surface area contributed by atoms with Gasteiger partial charge in [0.25, 0.3) is 0 Å². The maximum atomic E-state index is 11.8. The topological polar surface area (TPSA) is 36.1 Å². The van der Waals surface area contributed by atoms with Crippen molar-refractivity contribution in [3.63, 3.8) is 0 Å². The number of benzene rings is 1. The van der Waals surface area contributed by atoms with Crippen LogP contribution in [0.3, 0.4) is 0 Å². The van der Waals surface area contributed by atoms with Gasteiger partial charge in [0, 0.05) is 17.3 Å². The first-order valence-corrected chi connectivity index (χ1v) is 6.73. The van der Waals surface area contributed by atoms with Crippen LogP contribution in [0.4, 0.5) is 0 Å². The second-order valence-electron chi connectivity index (χ2n) is 4.77. The molecule has 0 saturated heterocycles. The van der Waals surface area contributed by atoms with Gasteiger partial charge < -0.3 is 9.88 Å². The first-order chi connectivity index (χ1) is 8.78. The predicted octanol–water partition coefficient (Wildman–Crippen LogP) is 2.90. The molecule has 3 nitrogen and oxygen atoms in total. The molecule has 1 aromatic carbocycles. The van der Waals surface area contributed by atoms with Crippen molar-refractivity contribution in [2.24, 2.45) is 0 Å². The third kappa shape index (κ3) is 2.23. The van der Waals surface area contributed by atoms with Gasteiger partial charge in [-0.05, 0) is 30.4 Å². The van der Waals surface area contributed by atoms with Crippen molar-refractivity contribution in [3.8, 4) is 0 Å². The number of amides is 1. The summed E-state index contributed by atoms with van der Waals surface area (Å²) in [5.41, 5.74) is 2.18. The molecule has 1 aliphatic rings. The van der Waals surface area contributed by atoms with E-state index in [9.17, 15) is 4.79 Å². The lowest BCUT2D eigenvalue weighted by molar-refractivity contribution is -0.129. The number of fused-ring (bicyclic) bond motifs is 1. The average Bonchev–Trinajstić information content (AvgIpc) is 3.14.